The van der Waals surface area contributed by atoms with Crippen molar-refractivity contribution in [1.29, 1.82) is 0 Å². The largest absolute Gasteiger partial charge is 0.291 e. The van der Waals surface area contributed by atoms with E-state index in [1.54, 1.807) is 0 Å². The smallest absolute Gasteiger partial charge is 0.255 e. The van der Waals surface area contributed by atoms with Crippen LogP contribution < -0.4 is 0 Å². The molecule has 2 heteroatoms. The van der Waals surface area contributed by atoms with Crippen molar-refractivity contribution in [2.75, 3.05) is 7.05 Å². The van der Waals surface area contributed by atoms with Crippen LogP contribution in [0, 0.1) is 0 Å². The third-order valence-electron chi connectivity index (χ3n) is 2.03. The maximum absolute atomic E-state index is 4.31. The zero-order valence-corrected chi connectivity index (χ0v) is 6.47. The van der Waals surface area contributed by atoms with E-state index in [0.717, 1.165) is 5.84 Å². The Bertz CT molecular complexity index is 189. The fraction of sp³-hybridized carbons (Fsp3) is 0.714. The zero-order chi connectivity index (χ0) is 7.02. The lowest BCUT2D eigenvalue weighted by Gasteiger charge is -1.99. The number of aliphatic imine (C=N–C) groups is 1. The first kappa shape index (κ1) is 6.46. The number of nitrogens with zero attached hydrogens (tertiary/aromatic N) is 2. The van der Waals surface area contributed by atoms with Crippen LogP contribution in [-0.4, -0.2) is 29.2 Å². The molecule has 1 unspecified atom stereocenters. The maximum Gasteiger partial charge on any atom is 0.291 e. The molecule has 9 heavy (non-hydrogen) atoms. The van der Waals surface area contributed by atoms with Crippen molar-refractivity contribution in [3.05, 3.63) is 0 Å². The third-order valence-corrected chi connectivity index (χ3v) is 2.03. The maximum atomic E-state index is 4.31. The highest BCUT2D eigenvalue weighted by atomic mass is 15.1. The van der Waals surface area contributed by atoms with Crippen LogP contribution >= 0.6 is 0 Å². The fourth-order valence-corrected chi connectivity index (χ4v) is 0.988. The monoisotopic (exact) mass is 125 g/mol. The molecule has 0 radical (unpaired) electrons. The summed E-state index contributed by atoms with van der Waals surface area (Å²) >= 11 is 0. The highest BCUT2D eigenvalue weighted by Crippen LogP contribution is 2.02. The molecular weight excluding hydrogens is 112 g/mol. The molecule has 0 aromatic rings. The van der Waals surface area contributed by atoms with Crippen LogP contribution in [0.25, 0.3) is 0 Å². The predicted molar refractivity (Wildman–Crippen MR) is 39.4 cm³/mol. The molecule has 0 bridgehead atoms. The van der Waals surface area contributed by atoms with E-state index in [0.29, 0.717) is 6.04 Å². The van der Waals surface area contributed by atoms with E-state index in [1.807, 2.05) is 6.92 Å². The topological polar surface area (TPSA) is 15.4 Å². The molecule has 0 aliphatic carbocycles. The second-order valence-electron chi connectivity index (χ2n) is 2.59. The summed E-state index contributed by atoms with van der Waals surface area (Å²) in [5.41, 5.74) is 1.22. The molecule has 2 nitrogen and oxygen atoms in total. The van der Waals surface area contributed by atoms with Crippen LogP contribution in [0.1, 0.15) is 20.8 Å². The molecule has 1 atom stereocenters. The van der Waals surface area contributed by atoms with Gasteiger partial charge in [-0.2, -0.15) is 0 Å². The lowest BCUT2D eigenvalue weighted by atomic mass is 10.2. The second kappa shape index (κ2) is 1.94. The van der Waals surface area contributed by atoms with Crippen LogP contribution in [0.15, 0.2) is 4.99 Å². The predicted octanol–water partition coefficient (Wildman–Crippen LogP) is 0.910. The van der Waals surface area contributed by atoms with Crippen molar-refractivity contribution < 1.29 is 4.58 Å². The molecule has 1 rings (SSSR count). The summed E-state index contributed by atoms with van der Waals surface area (Å²) in [7, 11) is 2.07. The van der Waals surface area contributed by atoms with Crippen molar-refractivity contribution >= 4 is 11.5 Å². The Balaban J connectivity index is 2.92. The first-order chi connectivity index (χ1) is 4.13. The highest BCUT2D eigenvalue weighted by molar-refractivity contribution is 5.99. The van der Waals surface area contributed by atoms with Crippen molar-refractivity contribution in [1.82, 2.24) is 0 Å². The quantitative estimate of drug-likeness (QED) is 0.428. The minimum atomic E-state index is 0.505. The Morgan fingerprint density at radius 3 is 2.11 bits per heavy atom. The van der Waals surface area contributed by atoms with Crippen molar-refractivity contribution in [3.8, 4) is 0 Å². The molecule has 1 aliphatic heterocycles. The van der Waals surface area contributed by atoms with Gasteiger partial charge in [0.25, 0.3) is 5.84 Å². The summed E-state index contributed by atoms with van der Waals surface area (Å²) in [6.45, 7) is 6.26. The Morgan fingerprint density at radius 2 is 2.00 bits per heavy atom. The summed E-state index contributed by atoms with van der Waals surface area (Å²) in [5, 5.41) is 0. The summed E-state index contributed by atoms with van der Waals surface area (Å²) < 4.78 is 2.18. The van der Waals surface area contributed by atoms with Gasteiger partial charge in [-0.05, 0) is 6.92 Å². The number of hydrogen-bond donors (Lipinski definition) is 0. The minimum absolute atomic E-state index is 0.505. The molecule has 1 heterocycles. The van der Waals surface area contributed by atoms with Gasteiger partial charge in [-0.3, -0.25) is 4.58 Å². The highest BCUT2D eigenvalue weighted by Gasteiger charge is 2.24. The van der Waals surface area contributed by atoms with Crippen LogP contribution in [0.4, 0.5) is 0 Å². The van der Waals surface area contributed by atoms with Crippen LogP contribution in [0.5, 0.6) is 0 Å². The summed E-state index contributed by atoms with van der Waals surface area (Å²) in [4.78, 5) is 4.31. The molecule has 0 N–H and O–H groups in total. The Hall–Kier alpha value is -0.660. The molecule has 0 saturated carbocycles. The molecule has 1 aliphatic rings. The van der Waals surface area contributed by atoms with Gasteiger partial charge in [-0.15, -0.1) is 0 Å². The normalized spacial score (nSPS) is 27.1. The van der Waals surface area contributed by atoms with Gasteiger partial charge >= 0.3 is 0 Å². The van der Waals surface area contributed by atoms with E-state index in [2.05, 4.69) is 30.5 Å². The molecule has 0 aromatic carbocycles. The standard InChI is InChI=1S/C7H13N2/c1-5-6(2)9(4)7(3)8-5/h6H,1-4H3/q+1. The van der Waals surface area contributed by atoms with E-state index < -0.39 is 0 Å². The van der Waals surface area contributed by atoms with Crippen LogP contribution in [-0.2, 0) is 0 Å². The van der Waals surface area contributed by atoms with Gasteiger partial charge in [0.2, 0.25) is 0 Å². The number of rotatable bonds is 0. The van der Waals surface area contributed by atoms with Crippen molar-refractivity contribution in [2.24, 2.45) is 4.99 Å². The van der Waals surface area contributed by atoms with E-state index in [-0.39, 0.29) is 0 Å². The number of amidine groups is 1. The van der Waals surface area contributed by atoms with E-state index in [1.165, 1.54) is 5.71 Å². The van der Waals surface area contributed by atoms with Gasteiger partial charge in [0.15, 0.2) is 11.8 Å². The van der Waals surface area contributed by atoms with Gasteiger partial charge in [-0.1, -0.05) is 4.99 Å². The lowest BCUT2D eigenvalue weighted by molar-refractivity contribution is -0.512. The van der Waals surface area contributed by atoms with Crippen molar-refractivity contribution in [3.63, 3.8) is 0 Å². The number of hydrogen-bond acceptors (Lipinski definition) is 1. The van der Waals surface area contributed by atoms with Crippen LogP contribution in [0.2, 0.25) is 0 Å². The first-order valence-electron chi connectivity index (χ1n) is 3.24. The zero-order valence-electron chi connectivity index (χ0n) is 6.47. The van der Waals surface area contributed by atoms with Gasteiger partial charge in [-0.25, -0.2) is 0 Å². The Morgan fingerprint density at radius 1 is 1.44 bits per heavy atom. The van der Waals surface area contributed by atoms with Crippen molar-refractivity contribution in [2.45, 2.75) is 26.8 Å². The lowest BCUT2D eigenvalue weighted by Crippen LogP contribution is -2.22. The summed E-state index contributed by atoms with van der Waals surface area (Å²) in [6, 6.07) is 0.505. The van der Waals surface area contributed by atoms with Crippen LogP contribution in [0.3, 0.4) is 0 Å². The minimum Gasteiger partial charge on any atom is -0.255 e. The van der Waals surface area contributed by atoms with Gasteiger partial charge < -0.3 is 0 Å². The fourth-order valence-electron chi connectivity index (χ4n) is 0.988. The summed E-state index contributed by atoms with van der Waals surface area (Å²) in [6.07, 6.45) is 0. The third kappa shape index (κ3) is 0.889. The van der Waals surface area contributed by atoms with E-state index >= 15 is 0 Å². The van der Waals surface area contributed by atoms with E-state index in [4.69, 9.17) is 0 Å². The van der Waals surface area contributed by atoms with Gasteiger partial charge in [0.05, 0.1) is 7.05 Å². The van der Waals surface area contributed by atoms with Gasteiger partial charge in [0.1, 0.15) is 0 Å². The average molecular weight is 125 g/mol. The van der Waals surface area contributed by atoms with E-state index in [9.17, 15) is 0 Å². The van der Waals surface area contributed by atoms with Gasteiger partial charge in [0, 0.05) is 13.8 Å². The second-order valence-corrected chi connectivity index (χ2v) is 2.59. The SMILES string of the molecule is CC1=NC(C)=[N+](C)C1C. The molecule has 0 fully saturated rings. The molecule has 0 amide bonds. The molecule has 0 saturated heterocycles. The Kier molecular flexibility index (Phi) is 1.39. The average Bonchev–Trinajstić information content (AvgIpc) is 1.98. The molecular formula is C7H13N2+. The molecule has 0 aromatic heterocycles. The first-order valence-corrected chi connectivity index (χ1v) is 3.24. The summed E-state index contributed by atoms with van der Waals surface area (Å²) in [5.74, 6) is 1.13. The molecule has 0 spiro atoms. The Labute approximate surface area is 55.9 Å². The molecule has 50 valence electrons.